The number of aliphatic hydroxyl groups excluding tert-OH is 2. The first-order chi connectivity index (χ1) is 28.2. The second-order valence-corrected chi connectivity index (χ2v) is 16.7. The van der Waals surface area contributed by atoms with Gasteiger partial charge in [0, 0.05) is 45.2 Å². The predicted molar refractivity (Wildman–Crippen MR) is 208 cm³/mol. The number of nitrogens with one attached hydrogen (secondary N) is 1. The molecule has 0 radical (unpaired) electrons. The number of urea groups is 1. The van der Waals surface area contributed by atoms with E-state index >= 15 is 4.79 Å². The summed E-state index contributed by atoms with van der Waals surface area (Å²) in [5, 5.41) is 39.9. The second kappa shape index (κ2) is 16.4. The van der Waals surface area contributed by atoms with Crippen molar-refractivity contribution < 1.29 is 72.2 Å². The van der Waals surface area contributed by atoms with Crippen molar-refractivity contribution in [2.45, 2.75) is 122 Å². The summed E-state index contributed by atoms with van der Waals surface area (Å²) >= 11 is 0. The average molecular weight is 839 g/mol. The molecule has 2 heterocycles. The van der Waals surface area contributed by atoms with Crippen molar-refractivity contribution in [3.63, 3.8) is 0 Å². The number of benzene rings is 1. The Morgan fingerprint density at radius 1 is 0.967 bits per heavy atom. The molecule has 1 aromatic carbocycles. The Morgan fingerprint density at radius 3 is 2.18 bits per heavy atom. The van der Waals surface area contributed by atoms with Crippen molar-refractivity contribution >= 4 is 35.7 Å². The van der Waals surface area contributed by atoms with Gasteiger partial charge in [0.25, 0.3) is 0 Å². The molecular weight excluding hydrogens is 784 g/mol. The summed E-state index contributed by atoms with van der Waals surface area (Å²) in [4.78, 5) is 84.3. The molecule has 9 unspecified atom stereocenters. The summed E-state index contributed by atoms with van der Waals surface area (Å²) in [5.41, 5.74) is -7.67. The fraction of sp³-hybridized carbons (Fsp3) is 0.581. The Kier molecular flexibility index (Phi) is 12.2. The number of nitrogens with zero attached hydrogens (tertiary/aromatic N) is 1. The monoisotopic (exact) mass is 838 g/mol. The molecule has 60 heavy (non-hydrogen) atoms. The highest BCUT2D eigenvalue weighted by molar-refractivity contribution is 5.95. The molecule has 2 saturated carbocycles. The van der Waals surface area contributed by atoms with Gasteiger partial charge in [0.2, 0.25) is 0 Å². The van der Waals surface area contributed by atoms with Crippen LogP contribution >= 0.6 is 0 Å². The van der Waals surface area contributed by atoms with Crippen LogP contribution in [0, 0.1) is 16.7 Å². The Morgan fingerprint density at radius 2 is 1.63 bits per heavy atom. The molecule has 1 aromatic heterocycles. The second-order valence-electron chi connectivity index (χ2n) is 16.7. The van der Waals surface area contributed by atoms with Crippen LogP contribution < -0.4 is 5.32 Å². The molecule has 4 aliphatic rings. The first-order valence-corrected chi connectivity index (χ1v) is 20.1. The summed E-state index contributed by atoms with van der Waals surface area (Å²) in [5.74, 6) is -6.28. The number of carbonyl (C=O) groups is 6. The van der Waals surface area contributed by atoms with E-state index in [4.69, 9.17) is 28.1 Å². The van der Waals surface area contributed by atoms with Gasteiger partial charge < -0.3 is 53.6 Å². The topological polar surface area (TPSA) is 238 Å². The van der Waals surface area contributed by atoms with Crippen LogP contribution in [0.15, 0.2) is 64.3 Å². The number of Topliss-reactive ketones (excluding diaryl/α,β-unsaturated/α-hetero) is 1. The largest absolute Gasteiger partial charge is 0.467 e. The van der Waals surface area contributed by atoms with Crippen molar-refractivity contribution in [1.29, 1.82) is 0 Å². The van der Waals surface area contributed by atoms with E-state index in [1.807, 2.05) is 0 Å². The van der Waals surface area contributed by atoms with Gasteiger partial charge in [-0.05, 0) is 63.1 Å². The van der Waals surface area contributed by atoms with Crippen LogP contribution in [0.4, 0.5) is 4.79 Å². The van der Waals surface area contributed by atoms with Gasteiger partial charge in [0.15, 0.2) is 23.6 Å². The van der Waals surface area contributed by atoms with Crippen LogP contribution in [0.25, 0.3) is 0 Å². The summed E-state index contributed by atoms with van der Waals surface area (Å²) in [7, 11) is 0. The third-order valence-corrected chi connectivity index (χ3v) is 13.2. The SMILES string of the molecule is CCN(CC)C(=O)NC(c1ccco1)C(O)C(=O)OC1CC2(O)C(OC(=O)c3ccccc3)C3[C@]4(OC(C)=O)COC4CC(O)[C@@]3(C)C(=O)C(OC(C)=O)C(=C1C)C2(C)C. The molecule has 6 rings (SSSR count). The maximum atomic E-state index is 15.4. The third kappa shape index (κ3) is 7.18. The highest BCUT2D eigenvalue weighted by Gasteiger charge is 2.78. The molecule has 4 N–H and O–H groups in total. The Balaban J connectivity index is 1.54. The summed E-state index contributed by atoms with van der Waals surface area (Å²) in [6.45, 7) is 12.1. The number of fused-ring (bicyclic) bond motifs is 5. The molecule has 0 spiro atoms. The Bertz CT molecular complexity index is 2030. The lowest BCUT2D eigenvalue weighted by atomic mass is 9.44. The van der Waals surface area contributed by atoms with Crippen LogP contribution in [0.1, 0.15) is 90.4 Å². The van der Waals surface area contributed by atoms with Crippen LogP contribution in [0.5, 0.6) is 0 Å². The number of rotatable bonds is 11. The molecule has 2 amide bonds. The van der Waals surface area contributed by atoms with Gasteiger partial charge in [-0.3, -0.25) is 14.4 Å². The van der Waals surface area contributed by atoms with E-state index in [0.29, 0.717) is 13.1 Å². The number of aliphatic hydroxyl groups is 3. The van der Waals surface area contributed by atoms with Gasteiger partial charge in [-0.2, -0.15) is 0 Å². The van der Waals surface area contributed by atoms with E-state index in [1.165, 1.54) is 49.3 Å². The first-order valence-electron chi connectivity index (χ1n) is 20.1. The molecule has 326 valence electrons. The number of furan rings is 1. The molecule has 17 nitrogen and oxygen atoms in total. The number of ketones is 1. The Labute approximate surface area is 347 Å². The number of amides is 2. The average Bonchev–Trinajstić information content (AvgIpc) is 3.73. The van der Waals surface area contributed by atoms with E-state index in [9.17, 15) is 39.3 Å². The van der Waals surface area contributed by atoms with E-state index < -0.39 is 113 Å². The molecule has 11 atom stereocenters. The lowest BCUT2D eigenvalue weighted by Gasteiger charge is -2.67. The quantitative estimate of drug-likeness (QED) is 0.145. The third-order valence-electron chi connectivity index (χ3n) is 13.2. The molecule has 2 aromatic rings. The minimum Gasteiger partial charge on any atom is -0.467 e. The summed E-state index contributed by atoms with van der Waals surface area (Å²) in [6, 6.07) is 8.73. The predicted octanol–water partition coefficient (Wildman–Crippen LogP) is 2.95. The van der Waals surface area contributed by atoms with Crippen LogP contribution in [0.3, 0.4) is 0 Å². The van der Waals surface area contributed by atoms with Gasteiger partial charge in [0.1, 0.15) is 35.7 Å². The standard InChI is InChI=1S/C43H54N2O15/c1-9-45(10-2)39(53)44-31(26-17-14-18-55-26)32(49)38(52)58-27-20-43(54)36(59-37(51)25-15-12-11-13-16-25)34-41(8,28(48)19-29-42(34,21-56-29)60-24(5)47)35(50)33(57-23(4)46)30(22(27)3)40(43,6)7/h11-18,27-29,31-34,36,48-49,54H,9-10,19-21H2,1-8H3,(H,44,53)/t27?,28?,29?,31?,32?,33?,34?,36?,41-,42+,43?/m1/s1. The normalized spacial score (nSPS) is 32.6. The molecule has 1 saturated heterocycles. The van der Waals surface area contributed by atoms with Gasteiger partial charge in [-0.15, -0.1) is 0 Å². The van der Waals surface area contributed by atoms with Crippen LogP contribution in [0.2, 0.25) is 0 Å². The highest BCUT2D eigenvalue weighted by Crippen LogP contribution is 2.64. The lowest BCUT2D eigenvalue weighted by Crippen LogP contribution is -2.82. The minimum absolute atomic E-state index is 0.0117. The van der Waals surface area contributed by atoms with Gasteiger partial charge >= 0.3 is 29.9 Å². The van der Waals surface area contributed by atoms with Crippen LogP contribution in [-0.4, -0.2) is 123 Å². The van der Waals surface area contributed by atoms with Crippen molar-refractivity contribution in [2.75, 3.05) is 19.7 Å². The van der Waals surface area contributed by atoms with Crippen molar-refractivity contribution in [1.82, 2.24) is 10.2 Å². The number of hydrogen-bond donors (Lipinski definition) is 4. The van der Waals surface area contributed by atoms with Gasteiger partial charge in [-0.1, -0.05) is 32.0 Å². The maximum absolute atomic E-state index is 15.4. The first kappa shape index (κ1) is 44.5. The molecule has 1 aliphatic heterocycles. The molecular formula is C43H54N2O15. The number of hydrogen-bond acceptors (Lipinski definition) is 15. The fourth-order valence-electron chi connectivity index (χ4n) is 9.87. The van der Waals surface area contributed by atoms with Crippen molar-refractivity contribution in [2.24, 2.45) is 16.7 Å². The van der Waals surface area contributed by atoms with Gasteiger partial charge in [-0.25, -0.2) is 14.4 Å². The van der Waals surface area contributed by atoms with Crippen molar-refractivity contribution in [3.05, 3.63) is 71.2 Å². The molecule has 2 bridgehead atoms. The molecule has 3 fully saturated rings. The van der Waals surface area contributed by atoms with Crippen molar-refractivity contribution in [3.8, 4) is 0 Å². The zero-order chi connectivity index (χ0) is 44.1. The van der Waals surface area contributed by atoms with Crippen LogP contribution in [-0.2, 0) is 42.9 Å². The van der Waals surface area contributed by atoms with E-state index in [-0.39, 0.29) is 35.5 Å². The van der Waals surface area contributed by atoms with E-state index in [1.54, 1.807) is 45.9 Å². The van der Waals surface area contributed by atoms with E-state index in [0.717, 1.165) is 13.8 Å². The minimum atomic E-state index is -2.39. The fourth-order valence-corrected chi connectivity index (χ4v) is 9.87. The number of esters is 4. The Hall–Kier alpha value is -5.10. The lowest BCUT2D eigenvalue weighted by molar-refractivity contribution is -0.346. The summed E-state index contributed by atoms with van der Waals surface area (Å²) in [6.07, 6.45) is -9.29. The molecule has 17 heteroatoms. The number of carbonyl (C=O) groups excluding carboxylic acids is 6. The van der Waals surface area contributed by atoms with E-state index in [2.05, 4.69) is 5.32 Å². The summed E-state index contributed by atoms with van der Waals surface area (Å²) < 4.78 is 35.6. The van der Waals surface area contributed by atoms with Gasteiger partial charge in [0.05, 0.1) is 35.9 Å². The molecule has 3 aliphatic carbocycles. The zero-order valence-corrected chi connectivity index (χ0v) is 35.0. The number of ether oxygens (including phenoxy) is 5. The maximum Gasteiger partial charge on any atom is 0.338 e. The zero-order valence-electron chi connectivity index (χ0n) is 35.0. The smallest absolute Gasteiger partial charge is 0.338 e. The highest BCUT2D eigenvalue weighted by atomic mass is 16.6.